The number of aryl methyl sites for hydroxylation is 1. The van der Waals surface area contributed by atoms with Gasteiger partial charge in [-0.1, -0.05) is 6.92 Å². The lowest BCUT2D eigenvalue weighted by Crippen LogP contribution is -2.13. The molecule has 0 bridgehead atoms. The van der Waals surface area contributed by atoms with E-state index in [1.54, 1.807) is 11.3 Å². The van der Waals surface area contributed by atoms with Gasteiger partial charge in [-0.15, -0.1) is 11.3 Å². The molecule has 2 rings (SSSR count). The Labute approximate surface area is 104 Å². The molecule has 0 aromatic carbocycles. The Balaban J connectivity index is 2.56. The van der Waals surface area contributed by atoms with Gasteiger partial charge in [0.05, 0.1) is 11.5 Å². The zero-order valence-corrected chi connectivity index (χ0v) is 11.0. The molecule has 2 aromatic heterocycles. The maximum atomic E-state index is 5.69. The number of hydrogen-bond donors (Lipinski definition) is 2. The van der Waals surface area contributed by atoms with E-state index in [1.807, 2.05) is 13.8 Å². The number of hydrogen-bond acceptors (Lipinski definition) is 6. The van der Waals surface area contributed by atoms with E-state index >= 15 is 0 Å². The van der Waals surface area contributed by atoms with Crippen molar-refractivity contribution in [3.05, 3.63) is 10.9 Å². The molecule has 0 amide bonds. The predicted molar refractivity (Wildman–Crippen MR) is 70.4 cm³/mol. The molecular weight excluding hydrogens is 236 g/mol. The van der Waals surface area contributed by atoms with Crippen molar-refractivity contribution in [2.75, 3.05) is 5.43 Å². The molecule has 5 nitrogen and oxygen atoms in total. The molecule has 0 saturated heterocycles. The van der Waals surface area contributed by atoms with Crippen molar-refractivity contribution in [2.24, 2.45) is 5.84 Å². The fourth-order valence-corrected chi connectivity index (χ4v) is 2.45. The average molecular weight is 252 g/mol. The summed E-state index contributed by atoms with van der Waals surface area (Å²) in [6.45, 7) is 6.05. The predicted octanol–water partition coefficient (Wildman–Crippen LogP) is 2.33. The topological polar surface area (TPSA) is 73.1 Å². The van der Waals surface area contributed by atoms with Crippen molar-refractivity contribution in [2.45, 2.75) is 33.3 Å². The highest BCUT2D eigenvalue weighted by atomic mass is 32.1. The molecule has 0 fully saturated rings. The fourth-order valence-electron chi connectivity index (χ4n) is 1.50. The molecular formula is C11H16N4OS. The van der Waals surface area contributed by atoms with E-state index in [0.717, 1.165) is 16.6 Å². The van der Waals surface area contributed by atoms with Gasteiger partial charge in [0.15, 0.2) is 0 Å². The van der Waals surface area contributed by atoms with Crippen molar-refractivity contribution in [3.63, 3.8) is 0 Å². The second kappa shape index (κ2) is 4.85. The number of aromatic nitrogens is 2. The summed E-state index contributed by atoms with van der Waals surface area (Å²) in [6, 6.07) is 2.08. The number of fused-ring (bicyclic) bond motifs is 1. The van der Waals surface area contributed by atoms with E-state index in [1.165, 1.54) is 4.88 Å². The summed E-state index contributed by atoms with van der Waals surface area (Å²) in [5.74, 6) is 6.33. The minimum absolute atomic E-state index is 0.0729. The number of nitrogen functional groups attached to an aromatic ring is 1. The Morgan fingerprint density at radius 3 is 2.82 bits per heavy atom. The SMILES string of the molecule is CCc1cc2c(OC(C)C)nc(NN)nc2s1. The second-order valence-corrected chi connectivity index (χ2v) is 5.06. The number of nitrogens with one attached hydrogen (secondary N) is 1. The zero-order chi connectivity index (χ0) is 12.4. The number of hydrazine groups is 1. The highest BCUT2D eigenvalue weighted by Gasteiger charge is 2.13. The van der Waals surface area contributed by atoms with Crippen LogP contribution in [0.15, 0.2) is 6.07 Å². The van der Waals surface area contributed by atoms with E-state index in [0.29, 0.717) is 11.8 Å². The van der Waals surface area contributed by atoms with Crippen LogP contribution in [0.25, 0.3) is 10.2 Å². The summed E-state index contributed by atoms with van der Waals surface area (Å²) in [6.07, 6.45) is 1.05. The molecule has 2 heterocycles. The first-order valence-electron chi connectivity index (χ1n) is 5.57. The number of rotatable bonds is 4. The van der Waals surface area contributed by atoms with E-state index in [2.05, 4.69) is 28.4 Å². The first kappa shape index (κ1) is 12.1. The van der Waals surface area contributed by atoms with Crippen molar-refractivity contribution in [1.29, 1.82) is 0 Å². The Hall–Kier alpha value is -1.40. The summed E-state index contributed by atoms with van der Waals surface area (Å²) in [5, 5.41) is 0.958. The Kier molecular flexibility index (Phi) is 3.44. The zero-order valence-electron chi connectivity index (χ0n) is 10.2. The first-order chi connectivity index (χ1) is 8.13. The smallest absolute Gasteiger partial charge is 0.241 e. The lowest BCUT2D eigenvalue weighted by Gasteiger charge is -2.10. The van der Waals surface area contributed by atoms with Gasteiger partial charge in [0.2, 0.25) is 11.8 Å². The minimum Gasteiger partial charge on any atom is -0.474 e. The third kappa shape index (κ3) is 2.48. The van der Waals surface area contributed by atoms with Gasteiger partial charge in [-0.25, -0.2) is 10.8 Å². The molecule has 6 heteroatoms. The van der Waals surface area contributed by atoms with Crippen molar-refractivity contribution in [3.8, 4) is 5.88 Å². The molecule has 0 aliphatic heterocycles. The average Bonchev–Trinajstić information content (AvgIpc) is 2.71. The minimum atomic E-state index is 0.0729. The van der Waals surface area contributed by atoms with Gasteiger partial charge < -0.3 is 4.74 Å². The van der Waals surface area contributed by atoms with Crippen LogP contribution < -0.4 is 16.0 Å². The highest BCUT2D eigenvalue weighted by molar-refractivity contribution is 7.18. The molecule has 0 unspecified atom stereocenters. The lowest BCUT2D eigenvalue weighted by atomic mass is 10.3. The monoisotopic (exact) mass is 252 g/mol. The number of nitrogens with two attached hydrogens (primary N) is 1. The molecule has 92 valence electrons. The van der Waals surface area contributed by atoms with Crippen LogP contribution in [0, 0.1) is 0 Å². The number of anilines is 1. The molecule has 0 radical (unpaired) electrons. The van der Waals surface area contributed by atoms with Crippen molar-refractivity contribution in [1.82, 2.24) is 9.97 Å². The highest BCUT2D eigenvalue weighted by Crippen LogP contribution is 2.31. The quantitative estimate of drug-likeness (QED) is 0.645. The lowest BCUT2D eigenvalue weighted by molar-refractivity contribution is 0.236. The van der Waals surface area contributed by atoms with E-state index < -0.39 is 0 Å². The van der Waals surface area contributed by atoms with E-state index in [-0.39, 0.29) is 6.10 Å². The molecule has 0 aliphatic rings. The van der Waals surface area contributed by atoms with Gasteiger partial charge in [0.25, 0.3) is 0 Å². The van der Waals surface area contributed by atoms with E-state index in [4.69, 9.17) is 10.6 Å². The van der Waals surface area contributed by atoms with Gasteiger partial charge in [-0.3, -0.25) is 5.43 Å². The van der Waals surface area contributed by atoms with Gasteiger partial charge in [0, 0.05) is 4.88 Å². The summed E-state index contributed by atoms with van der Waals surface area (Å²) in [7, 11) is 0. The van der Waals surface area contributed by atoms with Gasteiger partial charge >= 0.3 is 0 Å². The maximum absolute atomic E-state index is 5.69. The summed E-state index contributed by atoms with van der Waals surface area (Å²) in [4.78, 5) is 10.7. The third-order valence-corrected chi connectivity index (χ3v) is 3.41. The first-order valence-corrected chi connectivity index (χ1v) is 6.39. The Morgan fingerprint density at radius 1 is 1.47 bits per heavy atom. The number of nitrogens with zero attached hydrogens (tertiary/aromatic N) is 2. The van der Waals surface area contributed by atoms with Crippen LogP contribution in [-0.2, 0) is 6.42 Å². The molecule has 0 saturated carbocycles. The summed E-state index contributed by atoms with van der Waals surface area (Å²) < 4.78 is 5.69. The van der Waals surface area contributed by atoms with Crippen molar-refractivity contribution < 1.29 is 4.74 Å². The van der Waals surface area contributed by atoms with Crippen LogP contribution >= 0.6 is 11.3 Å². The van der Waals surface area contributed by atoms with Gasteiger partial charge in [-0.05, 0) is 26.3 Å². The number of thiophene rings is 1. The standard InChI is InChI=1S/C11H16N4OS/c1-4-7-5-8-9(16-6(2)3)13-11(15-12)14-10(8)17-7/h5-6H,4,12H2,1-3H3,(H,13,14,15). The van der Waals surface area contributed by atoms with Crippen LogP contribution in [-0.4, -0.2) is 16.1 Å². The second-order valence-electron chi connectivity index (χ2n) is 3.95. The van der Waals surface area contributed by atoms with Gasteiger partial charge in [0.1, 0.15) is 4.83 Å². The Morgan fingerprint density at radius 2 is 2.24 bits per heavy atom. The van der Waals surface area contributed by atoms with Crippen LogP contribution in [0.2, 0.25) is 0 Å². The largest absolute Gasteiger partial charge is 0.474 e. The molecule has 2 aromatic rings. The van der Waals surface area contributed by atoms with Crippen molar-refractivity contribution >= 4 is 27.5 Å². The number of ether oxygens (including phenoxy) is 1. The van der Waals surface area contributed by atoms with Gasteiger partial charge in [-0.2, -0.15) is 4.98 Å². The maximum Gasteiger partial charge on any atom is 0.241 e. The fraction of sp³-hybridized carbons (Fsp3) is 0.455. The van der Waals surface area contributed by atoms with Crippen LogP contribution in [0.3, 0.4) is 0 Å². The van der Waals surface area contributed by atoms with Crippen LogP contribution in [0.1, 0.15) is 25.6 Å². The molecule has 0 aliphatic carbocycles. The van der Waals surface area contributed by atoms with E-state index in [9.17, 15) is 0 Å². The Bertz CT molecular complexity index is 523. The molecule has 3 N–H and O–H groups in total. The molecule has 0 atom stereocenters. The molecule has 17 heavy (non-hydrogen) atoms. The van der Waals surface area contributed by atoms with Crippen LogP contribution in [0.4, 0.5) is 5.95 Å². The molecule has 0 spiro atoms. The van der Waals surface area contributed by atoms with Crippen LogP contribution in [0.5, 0.6) is 5.88 Å². The third-order valence-electron chi connectivity index (χ3n) is 2.23. The summed E-state index contributed by atoms with van der Waals surface area (Å²) in [5.41, 5.74) is 2.46. The normalized spacial score (nSPS) is 11.1. The summed E-state index contributed by atoms with van der Waals surface area (Å²) >= 11 is 1.64.